The molecule has 0 aromatic carbocycles. The topological polar surface area (TPSA) is 47.0 Å². The molecule has 0 saturated heterocycles. The van der Waals surface area contributed by atoms with Gasteiger partial charge in [0.2, 0.25) is 5.13 Å². The van der Waals surface area contributed by atoms with Gasteiger partial charge >= 0.3 is 0 Å². The van der Waals surface area contributed by atoms with Crippen LogP contribution in [0.5, 0.6) is 0 Å². The minimum Gasteiger partial charge on any atom is -0.378 e. The van der Waals surface area contributed by atoms with Crippen LogP contribution in [0.1, 0.15) is 33.6 Å². The molecule has 0 spiro atoms. The molecule has 1 heterocycles. The molecule has 0 radical (unpaired) electrons. The SMILES string of the molecule is CCOC1CC(Nc2nncs2)C1(C)CC. The van der Waals surface area contributed by atoms with Gasteiger partial charge in [-0.1, -0.05) is 25.2 Å². The first-order chi connectivity index (χ1) is 7.70. The Bertz CT molecular complexity index is 330. The summed E-state index contributed by atoms with van der Waals surface area (Å²) in [5, 5.41) is 12.2. The van der Waals surface area contributed by atoms with Crippen LogP contribution in [0.25, 0.3) is 0 Å². The average molecular weight is 241 g/mol. The Labute approximate surface area is 100 Å². The van der Waals surface area contributed by atoms with Crippen LogP contribution in [0.3, 0.4) is 0 Å². The summed E-state index contributed by atoms with van der Waals surface area (Å²) in [6.45, 7) is 7.36. The van der Waals surface area contributed by atoms with E-state index in [0.717, 1.165) is 24.6 Å². The van der Waals surface area contributed by atoms with Gasteiger partial charge in [0.15, 0.2) is 0 Å². The molecule has 0 bridgehead atoms. The van der Waals surface area contributed by atoms with E-state index < -0.39 is 0 Å². The Kier molecular flexibility index (Phi) is 3.44. The third-order valence-corrected chi connectivity index (χ3v) is 4.39. The van der Waals surface area contributed by atoms with Crippen molar-refractivity contribution in [2.75, 3.05) is 11.9 Å². The normalized spacial score (nSPS) is 33.4. The number of rotatable bonds is 5. The molecule has 1 saturated carbocycles. The molecule has 0 amide bonds. The lowest BCUT2D eigenvalue weighted by atomic mass is 9.61. The second kappa shape index (κ2) is 4.67. The summed E-state index contributed by atoms with van der Waals surface area (Å²) in [6, 6.07) is 0.460. The van der Waals surface area contributed by atoms with Gasteiger partial charge in [-0.3, -0.25) is 0 Å². The Morgan fingerprint density at radius 1 is 1.62 bits per heavy atom. The maximum atomic E-state index is 5.76. The van der Waals surface area contributed by atoms with Crippen LogP contribution in [-0.4, -0.2) is 29.0 Å². The Balaban J connectivity index is 1.97. The van der Waals surface area contributed by atoms with Crippen LogP contribution in [0, 0.1) is 5.41 Å². The van der Waals surface area contributed by atoms with E-state index in [1.165, 1.54) is 0 Å². The van der Waals surface area contributed by atoms with E-state index >= 15 is 0 Å². The van der Waals surface area contributed by atoms with Gasteiger partial charge in [0.25, 0.3) is 0 Å². The van der Waals surface area contributed by atoms with E-state index in [0.29, 0.717) is 12.1 Å². The van der Waals surface area contributed by atoms with Crippen LogP contribution in [-0.2, 0) is 4.74 Å². The molecule has 90 valence electrons. The molecule has 1 N–H and O–H groups in total. The second-order valence-corrected chi connectivity index (χ2v) is 5.31. The average Bonchev–Trinajstić information content (AvgIpc) is 2.79. The summed E-state index contributed by atoms with van der Waals surface area (Å²) >= 11 is 1.55. The van der Waals surface area contributed by atoms with E-state index in [1.807, 2.05) is 0 Å². The third kappa shape index (κ3) is 1.94. The monoisotopic (exact) mass is 241 g/mol. The predicted octanol–water partition coefficient (Wildman–Crippen LogP) is 2.54. The second-order valence-electron chi connectivity index (χ2n) is 4.48. The molecule has 5 heteroatoms. The minimum atomic E-state index is 0.224. The molecule has 0 aliphatic heterocycles. The van der Waals surface area contributed by atoms with Crippen molar-refractivity contribution in [2.24, 2.45) is 5.41 Å². The Morgan fingerprint density at radius 3 is 3.00 bits per heavy atom. The summed E-state index contributed by atoms with van der Waals surface area (Å²) in [6.07, 6.45) is 2.57. The van der Waals surface area contributed by atoms with Crippen molar-refractivity contribution in [3.63, 3.8) is 0 Å². The molecule has 2 rings (SSSR count). The first-order valence-corrected chi connectivity index (χ1v) is 6.73. The smallest absolute Gasteiger partial charge is 0.205 e. The quantitative estimate of drug-likeness (QED) is 0.860. The van der Waals surface area contributed by atoms with Crippen molar-refractivity contribution in [1.82, 2.24) is 10.2 Å². The Morgan fingerprint density at radius 2 is 2.44 bits per heavy atom. The van der Waals surface area contributed by atoms with Gasteiger partial charge in [-0.05, 0) is 19.8 Å². The van der Waals surface area contributed by atoms with E-state index in [9.17, 15) is 0 Å². The summed E-state index contributed by atoms with van der Waals surface area (Å²) in [4.78, 5) is 0. The molecule has 1 aromatic rings. The maximum Gasteiger partial charge on any atom is 0.205 e. The van der Waals surface area contributed by atoms with Crippen LogP contribution in [0.2, 0.25) is 0 Å². The molecule has 1 aromatic heterocycles. The van der Waals surface area contributed by atoms with Crippen molar-refractivity contribution in [2.45, 2.75) is 45.8 Å². The highest BCUT2D eigenvalue weighted by molar-refractivity contribution is 7.13. The molecule has 3 atom stereocenters. The molecular formula is C11H19N3OS. The number of ether oxygens (including phenoxy) is 1. The number of nitrogens with zero attached hydrogens (tertiary/aromatic N) is 2. The number of hydrogen-bond donors (Lipinski definition) is 1. The number of anilines is 1. The lowest BCUT2D eigenvalue weighted by Gasteiger charge is -2.53. The van der Waals surface area contributed by atoms with Gasteiger partial charge in [-0.15, -0.1) is 10.2 Å². The largest absolute Gasteiger partial charge is 0.378 e. The number of nitrogens with one attached hydrogen (secondary N) is 1. The van der Waals surface area contributed by atoms with Crippen molar-refractivity contribution < 1.29 is 4.74 Å². The van der Waals surface area contributed by atoms with Crippen molar-refractivity contribution in [3.8, 4) is 0 Å². The fourth-order valence-corrected chi connectivity index (χ4v) is 2.86. The molecule has 4 nitrogen and oxygen atoms in total. The highest BCUT2D eigenvalue weighted by Crippen LogP contribution is 2.47. The molecule has 16 heavy (non-hydrogen) atoms. The standard InChI is InChI=1S/C11H19N3OS/c1-4-11(3)8(6-9(11)15-5-2)13-10-14-12-7-16-10/h7-9H,4-6H2,1-3H3,(H,13,14). The Hall–Kier alpha value is -0.680. The lowest BCUT2D eigenvalue weighted by Crippen LogP contribution is -2.59. The van der Waals surface area contributed by atoms with Crippen molar-refractivity contribution in [3.05, 3.63) is 5.51 Å². The molecule has 1 aliphatic rings. The highest BCUT2D eigenvalue weighted by Gasteiger charge is 2.51. The first kappa shape index (κ1) is 11.8. The van der Waals surface area contributed by atoms with Gasteiger partial charge in [-0.2, -0.15) is 0 Å². The van der Waals surface area contributed by atoms with Crippen molar-refractivity contribution >= 4 is 16.5 Å². The van der Waals surface area contributed by atoms with E-state index in [1.54, 1.807) is 16.8 Å². The lowest BCUT2D eigenvalue weighted by molar-refractivity contribution is -0.109. The molecule has 1 aliphatic carbocycles. The van der Waals surface area contributed by atoms with Crippen molar-refractivity contribution in [1.29, 1.82) is 0 Å². The molecule has 1 fully saturated rings. The van der Waals surface area contributed by atoms with Gasteiger partial charge in [0.05, 0.1) is 6.10 Å². The van der Waals surface area contributed by atoms with Crippen LogP contribution >= 0.6 is 11.3 Å². The van der Waals surface area contributed by atoms with E-state index in [2.05, 4.69) is 36.3 Å². The van der Waals surface area contributed by atoms with E-state index in [-0.39, 0.29) is 5.41 Å². The highest BCUT2D eigenvalue weighted by atomic mass is 32.1. The summed E-state index contributed by atoms with van der Waals surface area (Å²) in [7, 11) is 0. The fraction of sp³-hybridized carbons (Fsp3) is 0.818. The zero-order chi connectivity index (χ0) is 11.6. The summed E-state index contributed by atoms with van der Waals surface area (Å²) in [5.74, 6) is 0. The fourth-order valence-electron chi connectivity index (χ4n) is 2.36. The van der Waals surface area contributed by atoms with Gasteiger partial charge in [0.1, 0.15) is 5.51 Å². The van der Waals surface area contributed by atoms with Crippen LogP contribution < -0.4 is 5.32 Å². The zero-order valence-electron chi connectivity index (χ0n) is 10.1. The zero-order valence-corrected chi connectivity index (χ0v) is 10.9. The van der Waals surface area contributed by atoms with Crippen LogP contribution in [0.4, 0.5) is 5.13 Å². The predicted molar refractivity (Wildman–Crippen MR) is 65.7 cm³/mol. The summed E-state index contributed by atoms with van der Waals surface area (Å²) < 4.78 is 5.76. The van der Waals surface area contributed by atoms with Gasteiger partial charge in [0, 0.05) is 18.1 Å². The minimum absolute atomic E-state index is 0.224. The third-order valence-electron chi connectivity index (χ3n) is 3.77. The molecular weight excluding hydrogens is 222 g/mol. The maximum absolute atomic E-state index is 5.76. The molecule has 3 unspecified atom stereocenters. The van der Waals surface area contributed by atoms with E-state index in [4.69, 9.17) is 4.74 Å². The summed E-state index contributed by atoms with van der Waals surface area (Å²) in [5.41, 5.74) is 1.98. The number of aromatic nitrogens is 2. The van der Waals surface area contributed by atoms with Gasteiger partial charge < -0.3 is 10.1 Å². The van der Waals surface area contributed by atoms with Gasteiger partial charge in [-0.25, -0.2) is 0 Å². The first-order valence-electron chi connectivity index (χ1n) is 5.85. The van der Waals surface area contributed by atoms with Crippen LogP contribution in [0.15, 0.2) is 5.51 Å². The number of hydrogen-bond acceptors (Lipinski definition) is 5.